The third-order valence-electron chi connectivity index (χ3n) is 1.88. The van der Waals surface area contributed by atoms with Crippen LogP contribution >= 0.6 is 0 Å². The third kappa shape index (κ3) is 3.58. The molecule has 1 nitrogen and oxygen atoms in total. The minimum absolute atomic E-state index is 0.596. The second kappa shape index (κ2) is 6.64. The zero-order valence-corrected chi connectivity index (χ0v) is 9.46. The van der Waals surface area contributed by atoms with Crippen LogP contribution in [0.4, 0.5) is 0 Å². The van der Waals surface area contributed by atoms with Gasteiger partial charge in [0.2, 0.25) is 0 Å². The highest BCUT2D eigenvalue weighted by Crippen LogP contribution is 2.16. The molecule has 0 atom stereocenters. The monoisotopic (exact) mass is 179 g/mol. The van der Waals surface area contributed by atoms with Gasteiger partial charge in [0.25, 0.3) is 0 Å². The minimum Gasteiger partial charge on any atom is -0.261 e. The molecule has 0 saturated heterocycles. The first-order chi connectivity index (χ1) is 6.25. The highest BCUT2D eigenvalue weighted by molar-refractivity contribution is 5.22. The lowest BCUT2D eigenvalue weighted by atomic mass is 10.0. The molecule has 0 fully saturated rings. The first-order valence-corrected chi connectivity index (χ1v) is 5.19. The summed E-state index contributed by atoms with van der Waals surface area (Å²) >= 11 is 0. The largest absolute Gasteiger partial charge is 0.261 e. The summed E-state index contributed by atoms with van der Waals surface area (Å²) in [7, 11) is 0. The van der Waals surface area contributed by atoms with Crippen molar-refractivity contribution in [1.29, 1.82) is 0 Å². The van der Waals surface area contributed by atoms with Gasteiger partial charge in [-0.05, 0) is 24.0 Å². The van der Waals surface area contributed by atoms with Gasteiger partial charge in [0.1, 0.15) is 0 Å². The summed E-state index contributed by atoms with van der Waals surface area (Å²) in [6, 6.07) is 4.17. The second-order valence-corrected chi connectivity index (χ2v) is 3.05. The molecule has 0 aliphatic rings. The van der Waals surface area contributed by atoms with E-state index in [0.717, 1.165) is 6.42 Å². The van der Waals surface area contributed by atoms with Gasteiger partial charge in [-0.3, -0.25) is 4.98 Å². The predicted molar refractivity (Wildman–Crippen MR) is 59.1 cm³/mol. The van der Waals surface area contributed by atoms with Gasteiger partial charge in [0, 0.05) is 11.9 Å². The molecule has 0 aliphatic carbocycles. The van der Waals surface area contributed by atoms with Gasteiger partial charge >= 0.3 is 0 Å². The summed E-state index contributed by atoms with van der Waals surface area (Å²) in [5, 5.41) is 0. The van der Waals surface area contributed by atoms with Gasteiger partial charge in [-0.25, -0.2) is 0 Å². The standard InChI is InChI=1S/C10H15N.C2H6/c1-4-10-9(8(2)3)6-5-7-11-10;1-2/h5-8H,4H2,1-3H3;1-2H3. The maximum atomic E-state index is 4.32. The molecule has 0 saturated carbocycles. The number of nitrogens with zero attached hydrogens (tertiary/aromatic N) is 1. The molecule has 0 amide bonds. The zero-order chi connectivity index (χ0) is 10.3. The molecule has 0 aliphatic heterocycles. The van der Waals surface area contributed by atoms with Crippen LogP contribution in [0.3, 0.4) is 0 Å². The highest BCUT2D eigenvalue weighted by atomic mass is 14.7. The molecular formula is C12H21N. The van der Waals surface area contributed by atoms with Crippen LogP contribution in [0.1, 0.15) is 51.8 Å². The molecule has 0 bridgehead atoms. The van der Waals surface area contributed by atoms with Crippen molar-refractivity contribution >= 4 is 0 Å². The number of aromatic nitrogens is 1. The molecule has 0 spiro atoms. The molecule has 0 aromatic carbocycles. The number of hydrogen-bond donors (Lipinski definition) is 0. The summed E-state index contributed by atoms with van der Waals surface area (Å²) in [5.74, 6) is 0.596. The summed E-state index contributed by atoms with van der Waals surface area (Å²) in [6.07, 6.45) is 2.90. The quantitative estimate of drug-likeness (QED) is 0.673. The smallest absolute Gasteiger partial charge is 0.0435 e. The number of aryl methyl sites for hydroxylation is 1. The van der Waals surface area contributed by atoms with E-state index in [1.54, 1.807) is 0 Å². The van der Waals surface area contributed by atoms with Gasteiger partial charge in [-0.2, -0.15) is 0 Å². The lowest BCUT2D eigenvalue weighted by molar-refractivity contribution is 0.824. The number of rotatable bonds is 2. The molecule has 1 heteroatoms. The fraction of sp³-hybridized carbons (Fsp3) is 0.583. The first-order valence-electron chi connectivity index (χ1n) is 5.19. The Morgan fingerprint density at radius 1 is 1.31 bits per heavy atom. The highest BCUT2D eigenvalue weighted by Gasteiger charge is 2.03. The van der Waals surface area contributed by atoms with E-state index < -0.39 is 0 Å². The Bertz CT molecular complexity index is 228. The minimum atomic E-state index is 0.596. The van der Waals surface area contributed by atoms with E-state index in [4.69, 9.17) is 0 Å². The maximum absolute atomic E-state index is 4.32. The van der Waals surface area contributed by atoms with E-state index in [0.29, 0.717) is 5.92 Å². The molecule has 1 aromatic heterocycles. The van der Waals surface area contributed by atoms with E-state index in [-0.39, 0.29) is 0 Å². The fourth-order valence-electron chi connectivity index (χ4n) is 1.27. The lowest BCUT2D eigenvalue weighted by Gasteiger charge is -2.08. The van der Waals surface area contributed by atoms with E-state index in [9.17, 15) is 0 Å². The molecule has 0 N–H and O–H groups in total. The summed E-state index contributed by atoms with van der Waals surface area (Å²) in [4.78, 5) is 4.32. The van der Waals surface area contributed by atoms with Crippen LogP contribution in [0.25, 0.3) is 0 Å². The van der Waals surface area contributed by atoms with Crippen molar-refractivity contribution in [3.05, 3.63) is 29.6 Å². The Balaban J connectivity index is 0.000000671. The van der Waals surface area contributed by atoms with Crippen molar-refractivity contribution in [3.8, 4) is 0 Å². The Labute approximate surface area is 82.2 Å². The zero-order valence-electron chi connectivity index (χ0n) is 9.46. The van der Waals surface area contributed by atoms with Gasteiger partial charge in [0.05, 0.1) is 0 Å². The number of pyridine rings is 1. The molecule has 1 rings (SSSR count). The third-order valence-corrected chi connectivity index (χ3v) is 1.88. The van der Waals surface area contributed by atoms with Crippen molar-refractivity contribution in [2.45, 2.75) is 47.0 Å². The summed E-state index contributed by atoms with van der Waals surface area (Å²) in [6.45, 7) is 10.6. The molecule has 74 valence electrons. The summed E-state index contributed by atoms with van der Waals surface area (Å²) in [5.41, 5.74) is 2.62. The maximum Gasteiger partial charge on any atom is 0.0435 e. The van der Waals surface area contributed by atoms with Crippen LogP contribution in [0.2, 0.25) is 0 Å². The van der Waals surface area contributed by atoms with Gasteiger partial charge in [0.15, 0.2) is 0 Å². The van der Waals surface area contributed by atoms with Crippen molar-refractivity contribution < 1.29 is 0 Å². The van der Waals surface area contributed by atoms with Crippen molar-refractivity contribution in [2.24, 2.45) is 0 Å². The average molecular weight is 179 g/mol. The van der Waals surface area contributed by atoms with Crippen LogP contribution in [-0.4, -0.2) is 4.98 Å². The first kappa shape index (κ1) is 12.2. The topological polar surface area (TPSA) is 12.9 Å². The van der Waals surface area contributed by atoms with Gasteiger partial charge in [-0.1, -0.05) is 40.7 Å². The van der Waals surface area contributed by atoms with Crippen molar-refractivity contribution in [1.82, 2.24) is 4.98 Å². The Morgan fingerprint density at radius 3 is 2.31 bits per heavy atom. The Hall–Kier alpha value is -0.850. The Morgan fingerprint density at radius 2 is 1.92 bits per heavy atom. The fourth-order valence-corrected chi connectivity index (χ4v) is 1.27. The van der Waals surface area contributed by atoms with E-state index in [1.807, 2.05) is 26.1 Å². The van der Waals surface area contributed by atoms with Gasteiger partial charge in [-0.15, -0.1) is 0 Å². The second-order valence-electron chi connectivity index (χ2n) is 3.05. The predicted octanol–water partition coefficient (Wildman–Crippen LogP) is 3.79. The van der Waals surface area contributed by atoms with Crippen LogP contribution in [0.15, 0.2) is 18.3 Å². The van der Waals surface area contributed by atoms with Crippen LogP contribution in [0.5, 0.6) is 0 Å². The van der Waals surface area contributed by atoms with Crippen LogP contribution in [0, 0.1) is 0 Å². The number of hydrogen-bond acceptors (Lipinski definition) is 1. The Kier molecular flexibility index (Phi) is 6.21. The van der Waals surface area contributed by atoms with Gasteiger partial charge < -0.3 is 0 Å². The SMILES string of the molecule is CC.CCc1ncccc1C(C)C. The normalized spacial score (nSPS) is 9.38. The van der Waals surface area contributed by atoms with Crippen molar-refractivity contribution in [3.63, 3.8) is 0 Å². The van der Waals surface area contributed by atoms with Crippen LogP contribution < -0.4 is 0 Å². The van der Waals surface area contributed by atoms with E-state index in [2.05, 4.69) is 31.8 Å². The lowest BCUT2D eigenvalue weighted by Crippen LogP contribution is -1.96. The van der Waals surface area contributed by atoms with E-state index in [1.165, 1.54) is 11.3 Å². The molecule has 1 heterocycles. The van der Waals surface area contributed by atoms with Crippen LogP contribution in [-0.2, 0) is 6.42 Å². The van der Waals surface area contributed by atoms with Crippen molar-refractivity contribution in [2.75, 3.05) is 0 Å². The molecule has 1 aromatic rings. The molecule has 0 radical (unpaired) electrons. The molecule has 0 unspecified atom stereocenters. The van der Waals surface area contributed by atoms with E-state index >= 15 is 0 Å². The summed E-state index contributed by atoms with van der Waals surface area (Å²) < 4.78 is 0. The molecule has 13 heavy (non-hydrogen) atoms. The molecular weight excluding hydrogens is 158 g/mol. The average Bonchev–Trinajstić information content (AvgIpc) is 2.20.